The molecular formula is C11H16O3. The molecule has 0 heterocycles. The number of rotatable bonds is 5. The molecule has 0 atom stereocenters. The first-order valence-corrected chi connectivity index (χ1v) is 4.57. The van der Waals surface area contributed by atoms with Crippen molar-refractivity contribution in [3.8, 4) is 0 Å². The first-order valence-electron chi connectivity index (χ1n) is 4.57. The fraction of sp³-hybridized carbons (Fsp3) is 0.455. The van der Waals surface area contributed by atoms with Crippen LogP contribution >= 0.6 is 0 Å². The van der Waals surface area contributed by atoms with Crippen LogP contribution in [0.4, 0.5) is 0 Å². The molecule has 0 amide bonds. The number of hydrogen-bond donors (Lipinski definition) is 1. The molecular weight excluding hydrogens is 180 g/mol. The predicted octanol–water partition coefficient (Wildman–Crippen LogP) is 1.56. The van der Waals surface area contributed by atoms with Crippen molar-refractivity contribution in [1.29, 1.82) is 0 Å². The molecule has 0 saturated carbocycles. The lowest BCUT2D eigenvalue weighted by molar-refractivity contribution is -0.342. The first-order chi connectivity index (χ1) is 6.70. The van der Waals surface area contributed by atoms with Crippen LogP contribution in [0.5, 0.6) is 0 Å². The van der Waals surface area contributed by atoms with Gasteiger partial charge >= 0.3 is 0 Å². The molecule has 0 radical (unpaired) electrons. The molecule has 3 heteroatoms. The molecule has 0 spiro atoms. The highest BCUT2D eigenvalue weighted by atomic mass is 16.8. The van der Waals surface area contributed by atoms with Gasteiger partial charge in [-0.15, -0.1) is 0 Å². The van der Waals surface area contributed by atoms with Crippen molar-refractivity contribution in [2.75, 3.05) is 14.2 Å². The fourth-order valence-electron chi connectivity index (χ4n) is 1.23. The van der Waals surface area contributed by atoms with Crippen molar-refractivity contribution in [2.24, 2.45) is 0 Å². The summed E-state index contributed by atoms with van der Waals surface area (Å²) in [4.78, 5) is 0. The highest BCUT2D eigenvalue weighted by Crippen LogP contribution is 2.15. The minimum atomic E-state index is -1.46. The van der Waals surface area contributed by atoms with Crippen LogP contribution in [-0.2, 0) is 15.9 Å². The van der Waals surface area contributed by atoms with Crippen LogP contribution in [0.3, 0.4) is 0 Å². The molecule has 78 valence electrons. The SMILES string of the molecule is COC(O)(CCc1ccccc1)OC. The van der Waals surface area contributed by atoms with Gasteiger partial charge in [0.25, 0.3) is 5.97 Å². The summed E-state index contributed by atoms with van der Waals surface area (Å²) in [7, 11) is 2.85. The standard InChI is InChI=1S/C11H16O3/c1-13-11(12,14-2)9-8-10-6-4-3-5-7-10/h3-7,12H,8-9H2,1-2H3. The molecule has 0 unspecified atom stereocenters. The predicted molar refractivity (Wildman–Crippen MR) is 53.7 cm³/mol. The van der Waals surface area contributed by atoms with Gasteiger partial charge < -0.3 is 14.6 Å². The molecule has 0 fully saturated rings. The van der Waals surface area contributed by atoms with Crippen molar-refractivity contribution in [2.45, 2.75) is 18.8 Å². The Bertz CT molecular complexity index is 254. The van der Waals surface area contributed by atoms with Crippen LogP contribution in [-0.4, -0.2) is 25.3 Å². The van der Waals surface area contributed by atoms with E-state index in [9.17, 15) is 5.11 Å². The normalized spacial score (nSPS) is 11.6. The minimum Gasteiger partial charge on any atom is -0.343 e. The summed E-state index contributed by atoms with van der Waals surface area (Å²) in [6.45, 7) is 0. The second-order valence-corrected chi connectivity index (χ2v) is 3.11. The Hall–Kier alpha value is -0.900. The van der Waals surface area contributed by atoms with Crippen molar-refractivity contribution in [3.63, 3.8) is 0 Å². The zero-order valence-electron chi connectivity index (χ0n) is 8.56. The van der Waals surface area contributed by atoms with E-state index in [0.29, 0.717) is 6.42 Å². The van der Waals surface area contributed by atoms with Crippen molar-refractivity contribution < 1.29 is 14.6 Å². The minimum absolute atomic E-state index is 0.421. The summed E-state index contributed by atoms with van der Waals surface area (Å²) in [6, 6.07) is 9.90. The fourth-order valence-corrected chi connectivity index (χ4v) is 1.23. The van der Waals surface area contributed by atoms with Gasteiger partial charge in [0, 0.05) is 20.6 Å². The summed E-state index contributed by atoms with van der Waals surface area (Å²) in [6.07, 6.45) is 1.14. The zero-order chi connectivity index (χ0) is 10.4. The molecule has 1 N–H and O–H groups in total. The number of aryl methyl sites for hydroxylation is 1. The smallest absolute Gasteiger partial charge is 0.280 e. The molecule has 14 heavy (non-hydrogen) atoms. The van der Waals surface area contributed by atoms with Crippen molar-refractivity contribution in [1.82, 2.24) is 0 Å². The largest absolute Gasteiger partial charge is 0.343 e. The van der Waals surface area contributed by atoms with E-state index in [2.05, 4.69) is 0 Å². The van der Waals surface area contributed by atoms with Crippen molar-refractivity contribution in [3.05, 3.63) is 35.9 Å². The summed E-state index contributed by atoms with van der Waals surface area (Å²) in [5.74, 6) is -1.46. The Morgan fingerprint density at radius 1 is 1.14 bits per heavy atom. The molecule has 1 rings (SSSR count). The maximum Gasteiger partial charge on any atom is 0.280 e. The van der Waals surface area contributed by atoms with Gasteiger partial charge in [0.05, 0.1) is 0 Å². The maximum atomic E-state index is 9.65. The van der Waals surface area contributed by atoms with E-state index >= 15 is 0 Å². The second kappa shape index (κ2) is 5.10. The Morgan fingerprint density at radius 2 is 1.71 bits per heavy atom. The van der Waals surface area contributed by atoms with E-state index in [-0.39, 0.29) is 0 Å². The van der Waals surface area contributed by atoms with Gasteiger partial charge in [0.15, 0.2) is 0 Å². The average molecular weight is 196 g/mol. The van der Waals surface area contributed by atoms with Gasteiger partial charge in [-0.05, 0) is 12.0 Å². The monoisotopic (exact) mass is 196 g/mol. The lowest BCUT2D eigenvalue weighted by Crippen LogP contribution is -2.33. The molecule has 0 aliphatic rings. The highest BCUT2D eigenvalue weighted by Gasteiger charge is 2.24. The average Bonchev–Trinajstić information content (AvgIpc) is 2.27. The lowest BCUT2D eigenvalue weighted by atomic mass is 10.1. The van der Waals surface area contributed by atoms with E-state index < -0.39 is 5.97 Å². The maximum absolute atomic E-state index is 9.65. The molecule has 0 aliphatic heterocycles. The van der Waals surface area contributed by atoms with E-state index in [1.165, 1.54) is 14.2 Å². The van der Waals surface area contributed by atoms with Gasteiger partial charge in [-0.25, -0.2) is 0 Å². The topological polar surface area (TPSA) is 38.7 Å². The van der Waals surface area contributed by atoms with E-state index in [1.807, 2.05) is 30.3 Å². The van der Waals surface area contributed by atoms with Gasteiger partial charge in [-0.1, -0.05) is 30.3 Å². The third-order valence-corrected chi connectivity index (χ3v) is 2.21. The third kappa shape index (κ3) is 3.10. The Kier molecular flexibility index (Phi) is 4.07. The summed E-state index contributed by atoms with van der Waals surface area (Å²) >= 11 is 0. The number of aliphatic hydroxyl groups is 1. The van der Waals surface area contributed by atoms with Gasteiger partial charge in [-0.2, -0.15) is 0 Å². The summed E-state index contributed by atoms with van der Waals surface area (Å²) in [5.41, 5.74) is 1.15. The number of methoxy groups -OCH3 is 2. The Labute approximate surface area is 84.3 Å². The van der Waals surface area contributed by atoms with Gasteiger partial charge in [0.1, 0.15) is 0 Å². The molecule has 0 bridgehead atoms. The zero-order valence-corrected chi connectivity index (χ0v) is 8.56. The van der Waals surface area contributed by atoms with E-state index in [4.69, 9.17) is 9.47 Å². The Balaban J connectivity index is 2.48. The van der Waals surface area contributed by atoms with Crippen LogP contribution in [0.1, 0.15) is 12.0 Å². The van der Waals surface area contributed by atoms with E-state index in [0.717, 1.165) is 12.0 Å². The second-order valence-electron chi connectivity index (χ2n) is 3.11. The molecule has 0 aromatic heterocycles. The molecule has 0 aliphatic carbocycles. The van der Waals surface area contributed by atoms with Crippen molar-refractivity contribution >= 4 is 0 Å². The van der Waals surface area contributed by atoms with Crippen LogP contribution in [0.15, 0.2) is 30.3 Å². The summed E-state index contributed by atoms with van der Waals surface area (Å²) in [5, 5.41) is 9.65. The molecule has 3 nitrogen and oxygen atoms in total. The third-order valence-electron chi connectivity index (χ3n) is 2.21. The van der Waals surface area contributed by atoms with Crippen LogP contribution < -0.4 is 0 Å². The van der Waals surface area contributed by atoms with Crippen LogP contribution in [0, 0.1) is 0 Å². The van der Waals surface area contributed by atoms with Gasteiger partial charge in [0.2, 0.25) is 0 Å². The Morgan fingerprint density at radius 3 is 2.21 bits per heavy atom. The molecule has 1 aromatic carbocycles. The number of hydrogen-bond acceptors (Lipinski definition) is 3. The van der Waals surface area contributed by atoms with Gasteiger partial charge in [-0.3, -0.25) is 0 Å². The highest BCUT2D eigenvalue weighted by molar-refractivity contribution is 5.14. The summed E-state index contributed by atoms with van der Waals surface area (Å²) < 4.78 is 9.68. The molecule has 0 saturated heterocycles. The van der Waals surface area contributed by atoms with Crippen LogP contribution in [0.2, 0.25) is 0 Å². The lowest BCUT2D eigenvalue weighted by Gasteiger charge is -2.23. The van der Waals surface area contributed by atoms with E-state index in [1.54, 1.807) is 0 Å². The number of ether oxygens (including phenoxy) is 2. The quantitative estimate of drug-likeness (QED) is 0.726. The van der Waals surface area contributed by atoms with Crippen LogP contribution in [0.25, 0.3) is 0 Å². The molecule has 1 aromatic rings. The first kappa shape index (κ1) is 11.2. The number of benzene rings is 1.